The molecule has 3 aromatic heterocycles. The molecular formula is C13H12N4S. The number of anilines is 1. The number of rotatable bonds is 3. The van der Waals surface area contributed by atoms with Crippen LogP contribution in [0.4, 0.5) is 5.82 Å². The van der Waals surface area contributed by atoms with Crippen molar-refractivity contribution in [1.82, 2.24) is 14.5 Å². The fraction of sp³-hybridized carbons (Fsp3) is 0.0769. The van der Waals surface area contributed by atoms with E-state index in [2.05, 4.69) is 31.4 Å². The van der Waals surface area contributed by atoms with Crippen LogP contribution in [0.5, 0.6) is 0 Å². The molecule has 3 aromatic rings. The molecule has 0 atom stereocenters. The standard InChI is InChI=1S/C13H12N4S/c14-13-2-1-11(5-16-13)12-6-15-9-17(12)7-10-3-4-18-8-10/h1-6,8-9H,7H2,(H2,14,16). The van der Waals surface area contributed by atoms with E-state index < -0.39 is 0 Å². The molecule has 5 heteroatoms. The highest BCUT2D eigenvalue weighted by Crippen LogP contribution is 2.20. The van der Waals surface area contributed by atoms with E-state index >= 15 is 0 Å². The zero-order chi connectivity index (χ0) is 12.4. The topological polar surface area (TPSA) is 56.7 Å². The number of nitrogen functional groups attached to an aromatic ring is 1. The van der Waals surface area contributed by atoms with E-state index in [0.29, 0.717) is 5.82 Å². The third kappa shape index (κ3) is 2.12. The van der Waals surface area contributed by atoms with Gasteiger partial charge < -0.3 is 10.3 Å². The van der Waals surface area contributed by atoms with Crippen molar-refractivity contribution >= 4 is 17.2 Å². The van der Waals surface area contributed by atoms with Crippen LogP contribution < -0.4 is 5.73 Å². The van der Waals surface area contributed by atoms with Crippen molar-refractivity contribution in [2.24, 2.45) is 0 Å². The molecule has 0 aliphatic heterocycles. The molecular weight excluding hydrogens is 244 g/mol. The largest absolute Gasteiger partial charge is 0.384 e. The number of pyridine rings is 1. The first-order valence-electron chi connectivity index (χ1n) is 5.56. The highest BCUT2D eigenvalue weighted by molar-refractivity contribution is 7.07. The summed E-state index contributed by atoms with van der Waals surface area (Å²) in [4.78, 5) is 8.32. The Morgan fingerprint density at radius 2 is 2.17 bits per heavy atom. The summed E-state index contributed by atoms with van der Waals surface area (Å²) in [6, 6.07) is 5.89. The smallest absolute Gasteiger partial charge is 0.123 e. The lowest BCUT2D eigenvalue weighted by atomic mass is 10.2. The summed E-state index contributed by atoms with van der Waals surface area (Å²) < 4.78 is 2.11. The first-order chi connectivity index (χ1) is 8.83. The second-order valence-corrected chi connectivity index (χ2v) is 4.79. The number of nitrogens with two attached hydrogens (primary N) is 1. The van der Waals surface area contributed by atoms with Gasteiger partial charge in [-0.3, -0.25) is 0 Å². The second-order valence-electron chi connectivity index (χ2n) is 4.01. The van der Waals surface area contributed by atoms with Crippen molar-refractivity contribution in [2.45, 2.75) is 6.54 Å². The van der Waals surface area contributed by atoms with Gasteiger partial charge in [0.15, 0.2) is 0 Å². The molecule has 0 bridgehead atoms. The van der Waals surface area contributed by atoms with Crippen LogP contribution in [0.3, 0.4) is 0 Å². The monoisotopic (exact) mass is 256 g/mol. The third-order valence-corrected chi connectivity index (χ3v) is 3.46. The molecule has 3 heterocycles. The van der Waals surface area contributed by atoms with Gasteiger partial charge in [0.2, 0.25) is 0 Å². The summed E-state index contributed by atoms with van der Waals surface area (Å²) in [5.74, 6) is 0.530. The van der Waals surface area contributed by atoms with E-state index in [4.69, 9.17) is 5.73 Å². The Labute approximate surface area is 109 Å². The maximum absolute atomic E-state index is 5.60. The fourth-order valence-electron chi connectivity index (χ4n) is 1.82. The number of imidazole rings is 1. The van der Waals surface area contributed by atoms with Crippen molar-refractivity contribution < 1.29 is 0 Å². The minimum Gasteiger partial charge on any atom is -0.384 e. The molecule has 0 unspecified atom stereocenters. The lowest BCUT2D eigenvalue weighted by Gasteiger charge is -2.07. The van der Waals surface area contributed by atoms with E-state index in [1.165, 1.54) is 5.56 Å². The maximum Gasteiger partial charge on any atom is 0.123 e. The van der Waals surface area contributed by atoms with Crippen LogP contribution in [0.2, 0.25) is 0 Å². The van der Waals surface area contributed by atoms with Crippen LogP contribution in [0.1, 0.15) is 5.56 Å². The van der Waals surface area contributed by atoms with Crippen LogP contribution in [0, 0.1) is 0 Å². The summed E-state index contributed by atoms with van der Waals surface area (Å²) in [7, 11) is 0. The molecule has 0 aliphatic rings. The second kappa shape index (κ2) is 4.62. The molecule has 0 saturated heterocycles. The summed E-state index contributed by atoms with van der Waals surface area (Å²) in [5.41, 5.74) is 8.95. The number of aromatic nitrogens is 3. The molecule has 2 N–H and O–H groups in total. The summed E-state index contributed by atoms with van der Waals surface area (Å²) in [6.07, 6.45) is 5.46. The van der Waals surface area contributed by atoms with Crippen LogP contribution in [-0.4, -0.2) is 14.5 Å². The first kappa shape index (κ1) is 11.0. The van der Waals surface area contributed by atoms with E-state index in [0.717, 1.165) is 17.8 Å². The first-order valence-corrected chi connectivity index (χ1v) is 6.50. The van der Waals surface area contributed by atoms with Crippen molar-refractivity contribution in [3.05, 3.63) is 53.2 Å². The van der Waals surface area contributed by atoms with Gasteiger partial charge in [-0.05, 0) is 34.5 Å². The lowest BCUT2D eigenvalue weighted by Crippen LogP contribution is -1.99. The normalized spacial score (nSPS) is 10.7. The highest BCUT2D eigenvalue weighted by atomic mass is 32.1. The minimum absolute atomic E-state index is 0.530. The molecule has 0 spiro atoms. The number of hydrogen-bond acceptors (Lipinski definition) is 4. The highest BCUT2D eigenvalue weighted by Gasteiger charge is 2.06. The van der Waals surface area contributed by atoms with Gasteiger partial charge in [-0.25, -0.2) is 9.97 Å². The molecule has 0 amide bonds. The summed E-state index contributed by atoms with van der Waals surface area (Å²) >= 11 is 1.70. The lowest BCUT2D eigenvalue weighted by molar-refractivity contribution is 0.807. The number of thiophene rings is 1. The van der Waals surface area contributed by atoms with Gasteiger partial charge in [-0.2, -0.15) is 11.3 Å². The Balaban J connectivity index is 1.94. The predicted molar refractivity (Wildman–Crippen MR) is 73.3 cm³/mol. The number of nitrogens with zero attached hydrogens (tertiary/aromatic N) is 3. The zero-order valence-electron chi connectivity index (χ0n) is 9.65. The number of hydrogen-bond donors (Lipinski definition) is 1. The van der Waals surface area contributed by atoms with Crippen LogP contribution in [0.25, 0.3) is 11.3 Å². The van der Waals surface area contributed by atoms with Gasteiger partial charge in [0, 0.05) is 18.3 Å². The Bertz CT molecular complexity index is 625. The van der Waals surface area contributed by atoms with Gasteiger partial charge in [0.25, 0.3) is 0 Å². The summed E-state index contributed by atoms with van der Waals surface area (Å²) in [5, 5.41) is 4.22. The Morgan fingerprint density at radius 3 is 2.89 bits per heavy atom. The van der Waals surface area contributed by atoms with E-state index in [1.54, 1.807) is 23.6 Å². The summed E-state index contributed by atoms with van der Waals surface area (Å²) in [6.45, 7) is 0.823. The van der Waals surface area contributed by atoms with Crippen LogP contribution in [-0.2, 0) is 6.54 Å². The molecule has 0 aromatic carbocycles. The van der Waals surface area contributed by atoms with Gasteiger partial charge in [0.1, 0.15) is 5.82 Å². The van der Waals surface area contributed by atoms with Crippen molar-refractivity contribution in [3.63, 3.8) is 0 Å². The Hall–Kier alpha value is -2.14. The maximum atomic E-state index is 5.60. The molecule has 3 rings (SSSR count). The van der Waals surface area contributed by atoms with Crippen LogP contribution >= 0.6 is 11.3 Å². The van der Waals surface area contributed by atoms with E-state index in [1.807, 2.05) is 18.6 Å². The van der Waals surface area contributed by atoms with Gasteiger partial charge in [0.05, 0.1) is 18.2 Å². The van der Waals surface area contributed by atoms with E-state index in [9.17, 15) is 0 Å². The van der Waals surface area contributed by atoms with Gasteiger partial charge in [-0.1, -0.05) is 0 Å². The zero-order valence-corrected chi connectivity index (χ0v) is 10.5. The average Bonchev–Trinajstić information content (AvgIpc) is 3.02. The van der Waals surface area contributed by atoms with Crippen molar-refractivity contribution in [2.75, 3.05) is 5.73 Å². The van der Waals surface area contributed by atoms with Gasteiger partial charge in [-0.15, -0.1) is 0 Å². The predicted octanol–water partition coefficient (Wildman–Crippen LogP) is 2.64. The van der Waals surface area contributed by atoms with Crippen molar-refractivity contribution in [1.29, 1.82) is 0 Å². The molecule has 0 radical (unpaired) electrons. The minimum atomic E-state index is 0.530. The molecule has 4 nitrogen and oxygen atoms in total. The third-order valence-electron chi connectivity index (χ3n) is 2.73. The molecule has 0 saturated carbocycles. The quantitative estimate of drug-likeness (QED) is 0.783. The van der Waals surface area contributed by atoms with Crippen LogP contribution in [0.15, 0.2) is 47.7 Å². The molecule has 18 heavy (non-hydrogen) atoms. The SMILES string of the molecule is Nc1ccc(-c2cncn2Cc2ccsc2)cn1. The van der Waals surface area contributed by atoms with E-state index in [-0.39, 0.29) is 0 Å². The fourth-order valence-corrected chi connectivity index (χ4v) is 2.48. The average molecular weight is 256 g/mol. The van der Waals surface area contributed by atoms with Crippen molar-refractivity contribution in [3.8, 4) is 11.3 Å². The Kier molecular flexibility index (Phi) is 2.82. The molecule has 90 valence electrons. The van der Waals surface area contributed by atoms with Gasteiger partial charge >= 0.3 is 0 Å². The Morgan fingerprint density at radius 1 is 1.22 bits per heavy atom. The molecule has 0 fully saturated rings. The molecule has 0 aliphatic carbocycles.